The van der Waals surface area contributed by atoms with Crippen LogP contribution in [-0.2, 0) is 14.3 Å². The molecule has 3 nitrogen and oxygen atoms in total. The van der Waals surface area contributed by atoms with E-state index in [0.29, 0.717) is 0 Å². The summed E-state index contributed by atoms with van der Waals surface area (Å²) in [7, 11) is -3.70. The normalized spacial score (nSPS) is 13.4. The summed E-state index contributed by atoms with van der Waals surface area (Å²) in [6.45, 7) is 3.64. The van der Waals surface area contributed by atoms with Crippen molar-refractivity contribution in [2.45, 2.75) is 24.8 Å². The molecule has 1 aromatic heterocycles. The van der Waals surface area contributed by atoms with Crippen molar-refractivity contribution in [2.24, 2.45) is 0 Å². The number of benzene rings is 1. The van der Waals surface area contributed by atoms with Gasteiger partial charge in [-0.3, -0.25) is 4.18 Å². The van der Waals surface area contributed by atoms with Gasteiger partial charge in [0.25, 0.3) is 10.1 Å². The Morgan fingerprint density at radius 1 is 1.17 bits per heavy atom. The van der Waals surface area contributed by atoms with Gasteiger partial charge >= 0.3 is 0 Å². The molecule has 0 aliphatic rings. The second-order valence-electron chi connectivity index (χ2n) is 4.06. The SMILES string of the molecule is Cc1ccc(S(=O)(=O)OC(C)c2ccsc2)cc1. The van der Waals surface area contributed by atoms with Crippen molar-refractivity contribution in [1.82, 2.24) is 0 Å². The fourth-order valence-electron chi connectivity index (χ4n) is 1.51. The molecule has 0 fully saturated rings. The second kappa shape index (κ2) is 5.22. The number of aryl methyl sites for hydroxylation is 1. The highest BCUT2D eigenvalue weighted by molar-refractivity contribution is 7.86. The Balaban J connectivity index is 2.20. The fraction of sp³-hybridized carbons (Fsp3) is 0.231. The number of hydrogen-bond donors (Lipinski definition) is 0. The Morgan fingerprint density at radius 2 is 1.83 bits per heavy atom. The van der Waals surface area contributed by atoms with Crippen LogP contribution in [0, 0.1) is 6.92 Å². The molecule has 0 N–H and O–H groups in total. The lowest BCUT2D eigenvalue weighted by Gasteiger charge is -2.11. The maximum Gasteiger partial charge on any atom is 0.297 e. The highest BCUT2D eigenvalue weighted by Crippen LogP contribution is 2.24. The molecule has 5 heteroatoms. The van der Waals surface area contributed by atoms with Gasteiger partial charge in [0.2, 0.25) is 0 Å². The van der Waals surface area contributed by atoms with Crippen LogP contribution in [0.1, 0.15) is 24.2 Å². The minimum atomic E-state index is -3.70. The van der Waals surface area contributed by atoms with Crippen molar-refractivity contribution in [3.8, 4) is 0 Å². The summed E-state index contributed by atoms with van der Waals surface area (Å²) in [5, 5.41) is 3.78. The van der Waals surface area contributed by atoms with E-state index in [-0.39, 0.29) is 4.90 Å². The summed E-state index contributed by atoms with van der Waals surface area (Å²) in [5.74, 6) is 0. The molecule has 0 saturated carbocycles. The van der Waals surface area contributed by atoms with Crippen molar-refractivity contribution in [3.05, 3.63) is 52.2 Å². The molecule has 0 spiro atoms. The first-order valence-corrected chi connectivity index (χ1v) is 7.86. The fourth-order valence-corrected chi connectivity index (χ4v) is 3.33. The van der Waals surface area contributed by atoms with Gasteiger partial charge in [-0.05, 0) is 48.4 Å². The smallest absolute Gasteiger partial charge is 0.258 e. The Hall–Kier alpha value is -1.17. The Morgan fingerprint density at radius 3 is 2.39 bits per heavy atom. The number of hydrogen-bond acceptors (Lipinski definition) is 4. The highest BCUT2D eigenvalue weighted by atomic mass is 32.2. The molecular formula is C13H14O3S2. The molecule has 2 aromatic rings. The van der Waals surface area contributed by atoms with Crippen LogP contribution >= 0.6 is 11.3 Å². The van der Waals surface area contributed by atoms with Gasteiger partial charge in [-0.15, -0.1) is 0 Å². The summed E-state index contributed by atoms with van der Waals surface area (Å²) >= 11 is 1.52. The zero-order valence-corrected chi connectivity index (χ0v) is 11.8. The quantitative estimate of drug-likeness (QED) is 0.806. The third-order valence-electron chi connectivity index (χ3n) is 2.59. The predicted octanol–water partition coefficient (Wildman–Crippen LogP) is 3.52. The van der Waals surface area contributed by atoms with Crippen LogP contribution in [0.5, 0.6) is 0 Å². The topological polar surface area (TPSA) is 43.4 Å². The standard InChI is InChI=1S/C13H14O3S2/c1-10-3-5-13(6-4-10)18(14,15)16-11(2)12-7-8-17-9-12/h3-9,11H,1-2H3. The van der Waals surface area contributed by atoms with Crippen LogP contribution in [0.25, 0.3) is 0 Å². The van der Waals surface area contributed by atoms with Crippen molar-refractivity contribution >= 4 is 21.5 Å². The third kappa shape index (κ3) is 2.98. The van der Waals surface area contributed by atoms with Gasteiger partial charge in [0, 0.05) is 0 Å². The minimum absolute atomic E-state index is 0.190. The first-order chi connectivity index (χ1) is 8.49. The average Bonchev–Trinajstić information content (AvgIpc) is 2.82. The lowest BCUT2D eigenvalue weighted by Crippen LogP contribution is -2.09. The molecule has 1 aromatic carbocycles. The van der Waals surface area contributed by atoms with E-state index in [1.165, 1.54) is 11.3 Å². The summed E-state index contributed by atoms with van der Waals surface area (Å²) in [6.07, 6.45) is -0.470. The van der Waals surface area contributed by atoms with Crippen molar-refractivity contribution in [1.29, 1.82) is 0 Å². The first-order valence-electron chi connectivity index (χ1n) is 5.51. The first kappa shape index (κ1) is 13.3. The van der Waals surface area contributed by atoms with E-state index in [0.717, 1.165) is 11.1 Å². The predicted molar refractivity (Wildman–Crippen MR) is 72.2 cm³/mol. The van der Waals surface area contributed by atoms with E-state index in [2.05, 4.69) is 0 Å². The molecule has 1 unspecified atom stereocenters. The highest BCUT2D eigenvalue weighted by Gasteiger charge is 2.20. The molecule has 2 rings (SSSR count). The van der Waals surface area contributed by atoms with Gasteiger partial charge in [0.15, 0.2) is 0 Å². The van der Waals surface area contributed by atoms with Crippen LogP contribution in [0.15, 0.2) is 46.0 Å². The average molecular weight is 282 g/mol. The van der Waals surface area contributed by atoms with E-state index >= 15 is 0 Å². The summed E-state index contributed by atoms with van der Waals surface area (Å²) in [5.41, 5.74) is 1.88. The monoisotopic (exact) mass is 282 g/mol. The second-order valence-corrected chi connectivity index (χ2v) is 6.41. The molecule has 0 saturated heterocycles. The third-order valence-corrected chi connectivity index (χ3v) is 4.69. The van der Waals surface area contributed by atoms with Crippen molar-refractivity contribution in [3.63, 3.8) is 0 Å². The van der Waals surface area contributed by atoms with Gasteiger partial charge in [-0.1, -0.05) is 17.7 Å². The van der Waals surface area contributed by atoms with Crippen LogP contribution in [-0.4, -0.2) is 8.42 Å². The van der Waals surface area contributed by atoms with Gasteiger partial charge in [-0.2, -0.15) is 19.8 Å². The van der Waals surface area contributed by atoms with Crippen molar-refractivity contribution in [2.75, 3.05) is 0 Å². The molecule has 0 aliphatic carbocycles. The van der Waals surface area contributed by atoms with E-state index < -0.39 is 16.2 Å². The largest absolute Gasteiger partial charge is 0.297 e. The molecule has 0 bridgehead atoms. The van der Waals surface area contributed by atoms with Crippen LogP contribution in [0.3, 0.4) is 0 Å². The summed E-state index contributed by atoms with van der Waals surface area (Å²) in [4.78, 5) is 0.190. The van der Waals surface area contributed by atoms with Crippen molar-refractivity contribution < 1.29 is 12.6 Å². The van der Waals surface area contributed by atoms with E-state index in [1.54, 1.807) is 31.2 Å². The number of rotatable bonds is 4. The zero-order valence-electron chi connectivity index (χ0n) is 10.2. The maximum atomic E-state index is 12.0. The molecular weight excluding hydrogens is 268 g/mol. The van der Waals surface area contributed by atoms with Gasteiger partial charge < -0.3 is 0 Å². The lowest BCUT2D eigenvalue weighted by molar-refractivity contribution is 0.234. The molecule has 1 heterocycles. The lowest BCUT2D eigenvalue weighted by atomic mass is 10.2. The van der Waals surface area contributed by atoms with E-state index in [9.17, 15) is 8.42 Å². The molecule has 0 amide bonds. The molecule has 0 radical (unpaired) electrons. The Kier molecular flexibility index (Phi) is 3.85. The maximum absolute atomic E-state index is 12.0. The molecule has 18 heavy (non-hydrogen) atoms. The zero-order chi connectivity index (χ0) is 13.2. The molecule has 96 valence electrons. The van der Waals surface area contributed by atoms with Crippen LogP contribution in [0.4, 0.5) is 0 Å². The molecule has 1 atom stereocenters. The summed E-state index contributed by atoms with van der Waals surface area (Å²) in [6, 6.07) is 8.49. The number of thiophene rings is 1. The Labute approximate surface area is 111 Å². The van der Waals surface area contributed by atoms with E-state index in [4.69, 9.17) is 4.18 Å². The van der Waals surface area contributed by atoms with Crippen LogP contribution < -0.4 is 0 Å². The Bertz CT molecular complexity index is 598. The molecule has 0 aliphatic heterocycles. The van der Waals surface area contributed by atoms with Crippen LogP contribution in [0.2, 0.25) is 0 Å². The van der Waals surface area contributed by atoms with Gasteiger partial charge in [-0.25, -0.2) is 0 Å². The minimum Gasteiger partial charge on any atom is -0.258 e. The van der Waals surface area contributed by atoms with Gasteiger partial charge in [0.1, 0.15) is 6.10 Å². The van der Waals surface area contributed by atoms with Gasteiger partial charge in [0.05, 0.1) is 4.90 Å². The van der Waals surface area contributed by atoms with E-state index in [1.807, 2.05) is 23.8 Å². The summed E-state index contributed by atoms with van der Waals surface area (Å²) < 4.78 is 29.2.